The second kappa shape index (κ2) is 11.5. The molecule has 34 heavy (non-hydrogen) atoms. The van der Waals surface area contributed by atoms with E-state index < -0.39 is 27.4 Å². The molecule has 1 aliphatic carbocycles. The summed E-state index contributed by atoms with van der Waals surface area (Å²) in [6.07, 6.45) is 9.50. The zero-order chi connectivity index (χ0) is 24.8. The van der Waals surface area contributed by atoms with Gasteiger partial charge in [0, 0.05) is 38.1 Å². The molecule has 0 aromatic heterocycles. The second-order valence-electron chi connectivity index (χ2n) is 9.11. The number of nitrogens with two attached hydrogens (primary N) is 1. The summed E-state index contributed by atoms with van der Waals surface area (Å²) in [5.74, 6) is -3.19. The Kier molecular flexibility index (Phi) is 8.95. The number of carbonyl (C=O) groups is 1. The van der Waals surface area contributed by atoms with Gasteiger partial charge in [-0.05, 0) is 55.9 Å². The normalized spacial score (nSPS) is 19.8. The number of primary amides is 1. The second-order valence-corrected chi connectivity index (χ2v) is 10.9. The van der Waals surface area contributed by atoms with Gasteiger partial charge in [0.25, 0.3) is 0 Å². The molecule has 1 unspecified atom stereocenters. The topological polar surface area (TPSA) is 72.6 Å². The summed E-state index contributed by atoms with van der Waals surface area (Å²) in [6.45, 7) is 3.62. The average Bonchev–Trinajstić information content (AvgIpc) is 3.06. The predicted octanol–water partition coefficient (Wildman–Crippen LogP) is 4.47. The van der Waals surface area contributed by atoms with Crippen molar-refractivity contribution in [1.82, 2.24) is 4.90 Å². The van der Waals surface area contributed by atoms with Crippen LogP contribution in [0.1, 0.15) is 44.6 Å². The third kappa shape index (κ3) is 6.71. The number of amides is 1. The summed E-state index contributed by atoms with van der Waals surface area (Å²) in [7, 11) is 0.0872. The molecule has 1 atom stereocenters. The van der Waals surface area contributed by atoms with Gasteiger partial charge in [-0.3, -0.25) is 9.00 Å². The Balaban J connectivity index is 1.72. The molecule has 0 saturated carbocycles. The first-order valence-electron chi connectivity index (χ1n) is 11.6. The van der Waals surface area contributed by atoms with Crippen molar-refractivity contribution in [2.75, 3.05) is 33.4 Å². The number of alkyl halides is 2. The average molecular weight is 493 g/mol. The van der Waals surface area contributed by atoms with E-state index in [1.807, 2.05) is 36.4 Å². The van der Waals surface area contributed by atoms with Crippen molar-refractivity contribution in [2.45, 2.75) is 54.6 Å². The number of ether oxygens (including phenoxy) is 1. The standard InChI is InChI=1S/C26H34F2N2O3S/c1-25(27,28)13-12-20-4-3-5-21(7-6-20)22-8-10-23(11-9-22)34(32)26(24(29)31)14-16-30(17-15-26)18-19-33-2/h3,5-11H,4,12-19H2,1-2H3,(H2,29,31). The van der Waals surface area contributed by atoms with Crippen LogP contribution >= 0.6 is 0 Å². The minimum Gasteiger partial charge on any atom is -0.383 e. The molecular weight excluding hydrogens is 458 g/mol. The van der Waals surface area contributed by atoms with E-state index in [4.69, 9.17) is 10.5 Å². The van der Waals surface area contributed by atoms with Gasteiger partial charge < -0.3 is 15.4 Å². The van der Waals surface area contributed by atoms with E-state index in [-0.39, 0.29) is 6.42 Å². The Morgan fingerprint density at radius 2 is 1.88 bits per heavy atom. The summed E-state index contributed by atoms with van der Waals surface area (Å²) < 4.78 is 43.9. The van der Waals surface area contributed by atoms with E-state index >= 15 is 0 Å². The third-order valence-corrected chi connectivity index (χ3v) is 8.56. The van der Waals surface area contributed by atoms with Crippen LogP contribution in [0.25, 0.3) is 5.57 Å². The number of methoxy groups -OCH3 is 1. The summed E-state index contributed by atoms with van der Waals surface area (Å²) in [5, 5.41) is 0. The monoisotopic (exact) mass is 492 g/mol. The Morgan fingerprint density at radius 3 is 2.47 bits per heavy atom. The highest BCUT2D eigenvalue weighted by Gasteiger charge is 2.46. The van der Waals surface area contributed by atoms with E-state index in [2.05, 4.69) is 4.90 Å². The molecule has 2 N–H and O–H groups in total. The first kappa shape index (κ1) is 26.4. The van der Waals surface area contributed by atoms with Crippen molar-refractivity contribution in [3.8, 4) is 0 Å². The van der Waals surface area contributed by atoms with E-state index in [1.54, 1.807) is 19.2 Å². The third-order valence-electron chi connectivity index (χ3n) is 6.54. The highest BCUT2D eigenvalue weighted by atomic mass is 32.2. The van der Waals surface area contributed by atoms with Crippen molar-refractivity contribution in [3.63, 3.8) is 0 Å². The lowest BCUT2D eigenvalue weighted by atomic mass is 9.95. The molecule has 1 saturated heterocycles. The molecule has 186 valence electrons. The van der Waals surface area contributed by atoms with Crippen LogP contribution in [0.3, 0.4) is 0 Å². The lowest BCUT2D eigenvalue weighted by Gasteiger charge is -2.38. The number of hydrogen-bond donors (Lipinski definition) is 1. The molecule has 2 aliphatic rings. The maximum atomic E-state index is 13.5. The fraction of sp³-hybridized carbons (Fsp3) is 0.500. The maximum Gasteiger partial charge on any atom is 0.245 e. The highest BCUT2D eigenvalue weighted by Crippen LogP contribution is 2.33. The fourth-order valence-electron chi connectivity index (χ4n) is 4.30. The summed E-state index contributed by atoms with van der Waals surface area (Å²) in [6, 6.07) is 7.33. The van der Waals surface area contributed by atoms with Crippen molar-refractivity contribution < 1.29 is 22.5 Å². The summed E-state index contributed by atoms with van der Waals surface area (Å²) in [5.41, 5.74) is 8.61. The minimum atomic E-state index is -2.67. The van der Waals surface area contributed by atoms with Crippen LogP contribution in [-0.4, -0.2) is 59.0 Å². The predicted molar refractivity (Wildman–Crippen MR) is 132 cm³/mol. The van der Waals surface area contributed by atoms with Gasteiger partial charge in [0.15, 0.2) is 0 Å². The number of benzene rings is 1. The molecule has 0 bridgehead atoms. The lowest BCUT2D eigenvalue weighted by Crippen LogP contribution is -2.55. The van der Waals surface area contributed by atoms with Gasteiger partial charge in [-0.15, -0.1) is 0 Å². The number of nitrogens with zero attached hydrogens (tertiary/aromatic N) is 1. The van der Waals surface area contributed by atoms with Crippen molar-refractivity contribution >= 4 is 22.3 Å². The van der Waals surface area contributed by atoms with Gasteiger partial charge in [-0.2, -0.15) is 0 Å². The first-order valence-corrected chi connectivity index (χ1v) is 12.8. The van der Waals surface area contributed by atoms with Gasteiger partial charge in [-0.1, -0.05) is 42.0 Å². The van der Waals surface area contributed by atoms with Crippen molar-refractivity contribution in [1.29, 1.82) is 0 Å². The van der Waals surface area contributed by atoms with Crippen LogP contribution in [0.4, 0.5) is 8.78 Å². The van der Waals surface area contributed by atoms with Gasteiger partial charge >= 0.3 is 0 Å². The molecule has 5 nitrogen and oxygen atoms in total. The molecular formula is C26H34F2N2O3S. The molecule has 1 aromatic rings. The Hall–Kier alpha value is -2.16. The smallest absolute Gasteiger partial charge is 0.245 e. The molecule has 3 rings (SSSR count). The zero-order valence-electron chi connectivity index (χ0n) is 19.9. The zero-order valence-corrected chi connectivity index (χ0v) is 20.7. The quantitative estimate of drug-likeness (QED) is 0.523. The van der Waals surface area contributed by atoms with Crippen LogP contribution < -0.4 is 5.73 Å². The van der Waals surface area contributed by atoms with E-state index in [9.17, 15) is 17.8 Å². The Labute approximate surface area is 203 Å². The van der Waals surface area contributed by atoms with Gasteiger partial charge in [0.1, 0.15) is 4.75 Å². The molecule has 0 radical (unpaired) electrons. The molecule has 1 fully saturated rings. The largest absolute Gasteiger partial charge is 0.383 e. The maximum absolute atomic E-state index is 13.5. The molecule has 1 amide bonds. The van der Waals surface area contributed by atoms with Crippen LogP contribution in [-0.2, 0) is 20.3 Å². The van der Waals surface area contributed by atoms with Crippen LogP contribution in [0.5, 0.6) is 0 Å². The number of rotatable bonds is 10. The highest BCUT2D eigenvalue weighted by molar-refractivity contribution is 7.87. The van der Waals surface area contributed by atoms with Crippen molar-refractivity contribution in [3.05, 3.63) is 59.7 Å². The summed E-state index contributed by atoms with van der Waals surface area (Å²) >= 11 is 0. The lowest BCUT2D eigenvalue weighted by molar-refractivity contribution is -0.121. The minimum absolute atomic E-state index is 0.165. The summed E-state index contributed by atoms with van der Waals surface area (Å²) in [4.78, 5) is 15.2. The van der Waals surface area contributed by atoms with E-state index in [1.165, 1.54) is 0 Å². The van der Waals surface area contributed by atoms with E-state index in [0.717, 1.165) is 30.2 Å². The number of hydrogen-bond acceptors (Lipinski definition) is 4. The Morgan fingerprint density at radius 1 is 1.21 bits per heavy atom. The van der Waals surface area contributed by atoms with Crippen LogP contribution in [0.15, 0.2) is 59.0 Å². The number of likely N-dealkylation sites (tertiary alicyclic amines) is 1. The first-order chi connectivity index (χ1) is 16.1. The number of allylic oxidation sites excluding steroid dienone is 6. The van der Waals surface area contributed by atoms with Crippen LogP contribution in [0.2, 0.25) is 0 Å². The molecule has 1 heterocycles. The number of piperidine rings is 1. The van der Waals surface area contributed by atoms with Gasteiger partial charge in [0.05, 0.1) is 17.4 Å². The fourth-order valence-corrected chi connectivity index (χ4v) is 5.87. The van der Waals surface area contributed by atoms with Gasteiger partial charge in [0.2, 0.25) is 11.8 Å². The molecule has 1 aromatic carbocycles. The molecule has 8 heteroatoms. The number of carbonyl (C=O) groups excluding carboxylic acids is 1. The molecule has 0 spiro atoms. The van der Waals surface area contributed by atoms with Crippen molar-refractivity contribution in [2.24, 2.45) is 5.73 Å². The molecule has 1 aliphatic heterocycles. The van der Waals surface area contributed by atoms with E-state index in [0.29, 0.717) is 50.3 Å². The Bertz CT molecular complexity index is 973. The van der Waals surface area contributed by atoms with Crippen LogP contribution in [0, 0.1) is 0 Å². The van der Waals surface area contributed by atoms with Gasteiger partial charge in [-0.25, -0.2) is 8.78 Å². The number of halogens is 2. The SMILES string of the molecule is COCCN1CCC(C(N)=O)(S(=O)c2ccc(C3=CC=C(CCC(C)(F)F)CC=C3)cc2)CC1.